The van der Waals surface area contributed by atoms with Gasteiger partial charge in [-0.1, -0.05) is 0 Å². The summed E-state index contributed by atoms with van der Waals surface area (Å²) >= 11 is 1.53. The molecule has 0 fully saturated rings. The van der Waals surface area contributed by atoms with Crippen LogP contribution in [0.15, 0.2) is 22.6 Å². The van der Waals surface area contributed by atoms with Crippen LogP contribution < -0.4 is 5.32 Å². The molecule has 2 rings (SSSR count). The zero-order valence-electron chi connectivity index (χ0n) is 10.8. The molecule has 0 aromatic carbocycles. The smallest absolute Gasteiger partial charge is 0.110 e. The fourth-order valence-corrected chi connectivity index (χ4v) is 2.73. The lowest BCUT2D eigenvalue weighted by Gasteiger charge is -2.12. The van der Waals surface area contributed by atoms with E-state index in [4.69, 9.17) is 9.68 Å². The van der Waals surface area contributed by atoms with Crippen LogP contribution in [0.4, 0.5) is 0 Å². The Balaban J connectivity index is 1.98. The maximum atomic E-state index is 8.77. The van der Waals surface area contributed by atoms with Crippen LogP contribution in [0.5, 0.6) is 0 Å². The van der Waals surface area contributed by atoms with Crippen LogP contribution in [0.1, 0.15) is 39.8 Å². The second kappa shape index (κ2) is 5.38. The van der Waals surface area contributed by atoms with Gasteiger partial charge in [0, 0.05) is 23.0 Å². The van der Waals surface area contributed by atoms with Gasteiger partial charge in [0.1, 0.15) is 22.5 Å². The first-order chi connectivity index (χ1) is 8.60. The SMILES string of the molecule is Cc1cc(C(C)NCc2ccc(C#N)s2)c(C)o1. The Morgan fingerprint density at radius 2 is 2.22 bits per heavy atom. The minimum absolute atomic E-state index is 0.245. The van der Waals surface area contributed by atoms with Crippen LogP contribution in [-0.2, 0) is 6.54 Å². The van der Waals surface area contributed by atoms with E-state index in [0.717, 1.165) is 22.9 Å². The van der Waals surface area contributed by atoms with Crippen LogP contribution in [0.3, 0.4) is 0 Å². The van der Waals surface area contributed by atoms with Gasteiger partial charge in [-0.2, -0.15) is 5.26 Å². The lowest BCUT2D eigenvalue weighted by molar-refractivity contribution is 0.490. The monoisotopic (exact) mass is 260 g/mol. The second-order valence-electron chi connectivity index (χ2n) is 4.35. The van der Waals surface area contributed by atoms with Crippen molar-refractivity contribution in [3.63, 3.8) is 0 Å². The van der Waals surface area contributed by atoms with Crippen LogP contribution in [-0.4, -0.2) is 0 Å². The van der Waals surface area contributed by atoms with Crippen molar-refractivity contribution < 1.29 is 4.42 Å². The van der Waals surface area contributed by atoms with Gasteiger partial charge < -0.3 is 9.73 Å². The molecule has 0 radical (unpaired) electrons. The number of nitriles is 1. The van der Waals surface area contributed by atoms with Crippen molar-refractivity contribution in [2.75, 3.05) is 0 Å². The predicted octanol–water partition coefficient (Wildman–Crippen LogP) is 3.68. The molecule has 3 nitrogen and oxygen atoms in total. The van der Waals surface area contributed by atoms with E-state index in [1.165, 1.54) is 21.8 Å². The third kappa shape index (κ3) is 2.81. The van der Waals surface area contributed by atoms with Crippen molar-refractivity contribution in [2.45, 2.75) is 33.4 Å². The van der Waals surface area contributed by atoms with Crippen molar-refractivity contribution >= 4 is 11.3 Å². The van der Waals surface area contributed by atoms with Crippen molar-refractivity contribution in [3.05, 3.63) is 45.0 Å². The Kier molecular flexibility index (Phi) is 3.85. The fourth-order valence-electron chi connectivity index (χ4n) is 1.98. The molecule has 0 bridgehead atoms. The summed E-state index contributed by atoms with van der Waals surface area (Å²) in [4.78, 5) is 1.94. The van der Waals surface area contributed by atoms with E-state index < -0.39 is 0 Å². The lowest BCUT2D eigenvalue weighted by atomic mass is 10.1. The van der Waals surface area contributed by atoms with E-state index in [1.807, 2.05) is 26.0 Å². The van der Waals surface area contributed by atoms with E-state index in [0.29, 0.717) is 0 Å². The Morgan fingerprint density at radius 1 is 1.44 bits per heavy atom. The fraction of sp³-hybridized carbons (Fsp3) is 0.357. The van der Waals surface area contributed by atoms with Gasteiger partial charge >= 0.3 is 0 Å². The predicted molar refractivity (Wildman–Crippen MR) is 72.5 cm³/mol. The molecular weight excluding hydrogens is 244 g/mol. The number of hydrogen-bond donors (Lipinski definition) is 1. The highest BCUT2D eigenvalue weighted by molar-refractivity contribution is 7.12. The minimum Gasteiger partial charge on any atom is -0.466 e. The van der Waals surface area contributed by atoms with Crippen molar-refractivity contribution in [2.24, 2.45) is 0 Å². The molecule has 94 valence electrons. The summed E-state index contributed by atoms with van der Waals surface area (Å²) in [6.07, 6.45) is 0. The summed E-state index contributed by atoms with van der Waals surface area (Å²) in [5.74, 6) is 1.91. The zero-order valence-corrected chi connectivity index (χ0v) is 11.6. The molecule has 2 aromatic rings. The highest BCUT2D eigenvalue weighted by Crippen LogP contribution is 2.22. The molecule has 2 aromatic heterocycles. The molecule has 1 unspecified atom stereocenters. The van der Waals surface area contributed by atoms with Crippen LogP contribution >= 0.6 is 11.3 Å². The average molecular weight is 260 g/mol. The number of thiophene rings is 1. The number of nitrogens with one attached hydrogen (secondary N) is 1. The molecule has 0 aliphatic heterocycles. The zero-order chi connectivity index (χ0) is 13.1. The van der Waals surface area contributed by atoms with Crippen LogP contribution in [0.2, 0.25) is 0 Å². The molecular formula is C14H16N2OS. The van der Waals surface area contributed by atoms with Gasteiger partial charge in [-0.15, -0.1) is 11.3 Å². The standard InChI is InChI=1S/C14H16N2OS/c1-9-6-14(11(3)17-9)10(2)16-8-13-5-4-12(7-15)18-13/h4-6,10,16H,8H2,1-3H3. The van der Waals surface area contributed by atoms with E-state index >= 15 is 0 Å². The molecule has 0 amide bonds. The molecule has 1 N–H and O–H groups in total. The Bertz CT molecular complexity index is 577. The van der Waals surface area contributed by atoms with E-state index in [2.05, 4.69) is 24.4 Å². The van der Waals surface area contributed by atoms with Gasteiger partial charge in [0.15, 0.2) is 0 Å². The summed E-state index contributed by atoms with van der Waals surface area (Å²) in [7, 11) is 0. The Labute approximate surface area is 111 Å². The Morgan fingerprint density at radius 3 is 2.78 bits per heavy atom. The van der Waals surface area contributed by atoms with E-state index in [1.54, 1.807) is 0 Å². The molecule has 4 heteroatoms. The van der Waals surface area contributed by atoms with Gasteiger partial charge in [-0.3, -0.25) is 0 Å². The number of rotatable bonds is 4. The number of nitrogens with zero attached hydrogens (tertiary/aromatic N) is 1. The first-order valence-corrected chi connectivity index (χ1v) is 6.71. The highest BCUT2D eigenvalue weighted by Gasteiger charge is 2.12. The molecule has 0 spiro atoms. The maximum Gasteiger partial charge on any atom is 0.110 e. The van der Waals surface area contributed by atoms with Crippen molar-refractivity contribution in [3.8, 4) is 6.07 Å². The molecule has 2 heterocycles. The summed E-state index contributed by atoms with van der Waals surface area (Å²) < 4.78 is 5.53. The average Bonchev–Trinajstić information content (AvgIpc) is 2.92. The largest absolute Gasteiger partial charge is 0.466 e. The molecule has 1 atom stereocenters. The number of furan rings is 1. The lowest BCUT2D eigenvalue weighted by Crippen LogP contribution is -2.17. The molecule has 18 heavy (non-hydrogen) atoms. The van der Waals surface area contributed by atoms with Gasteiger partial charge in [0.05, 0.1) is 0 Å². The topological polar surface area (TPSA) is 49.0 Å². The first kappa shape index (κ1) is 12.9. The number of hydrogen-bond acceptors (Lipinski definition) is 4. The second-order valence-corrected chi connectivity index (χ2v) is 5.52. The highest BCUT2D eigenvalue weighted by atomic mass is 32.1. The minimum atomic E-state index is 0.245. The maximum absolute atomic E-state index is 8.77. The first-order valence-electron chi connectivity index (χ1n) is 5.89. The van der Waals surface area contributed by atoms with Gasteiger partial charge in [0.25, 0.3) is 0 Å². The summed E-state index contributed by atoms with van der Waals surface area (Å²) in [6.45, 7) is 6.84. The molecule has 0 aliphatic rings. The van der Waals surface area contributed by atoms with Gasteiger partial charge in [-0.25, -0.2) is 0 Å². The summed E-state index contributed by atoms with van der Waals surface area (Å²) in [5.41, 5.74) is 1.20. The quantitative estimate of drug-likeness (QED) is 0.912. The normalized spacial score (nSPS) is 12.3. The van der Waals surface area contributed by atoms with Crippen LogP contribution in [0.25, 0.3) is 0 Å². The van der Waals surface area contributed by atoms with Crippen molar-refractivity contribution in [1.29, 1.82) is 5.26 Å². The summed E-state index contributed by atoms with van der Waals surface area (Å²) in [6, 6.07) is 8.33. The number of aryl methyl sites for hydroxylation is 2. The van der Waals surface area contributed by atoms with Crippen molar-refractivity contribution in [1.82, 2.24) is 5.32 Å². The third-order valence-electron chi connectivity index (χ3n) is 2.90. The molecule has 0 saturated carbocycles. The molecule has 0 saturated heterocycles. The third-order valence-corrected chi connectivity index (χ3v) is 3.89. The Hall–Kier alpha value is -1.57. The van der Waals surface area contributed by atoms with E-state index in [9.17, 15) is 0 Å². The molecule has 0 aliphatic carbocycles. The van der Waals surface area contributed by atoms with Crippen LogP contribution in [0, 0.1) is 25.2 Å². The van der Waals surface area contributed by atoms with Gasteiger partial charge in [0.2, 0.25) is 0 Å². The van der Waals surface area contributed by atoms with Gasteiger partial charge in [-0.05, 0) is 39.0 Å². The van der Waals surface area contributed by atoms with E-state index in [-0.39, 0.29) is 6.04 Å². The summed E-state index contributed by atoms with van der Waals surface area (Å²) in [5, 5.41) is 12.2.